The van der Waals surface area contributed by atoms with E-state index in [1.54, 1.807) is 18.0 Å². The normalized spacial score (nSPS) is 12.8. The fraction of sp³-hybridized carbons (Fsp3) is 0.321. The summed E-state index contributed by atoms with van der Waals surface area (Å²) in [6.45, 7) is 4.20. The summed E-state index contributed by atoms with van der Waals surface area (Å²) in [7, 11) is 1.69. The predicted octanol–water partition coefficient (Wildman–Crippen LogP) is -0.324. The molecule has 2 N–H and O–H groups in total. The third-order valence-corrected chi connectivity index (χ3v) is 5.81. The van der Waals surface area contributed by atoms with Gasteiger partial charge < -0.3 is 25.0 Å². The predicted molar refractivity (Wildman–Crippen MR) is 135 cm³/mol. The molecule has 3 rings (SSSR count). The first-order valence-corrected chi connectivity index (χ1v) is 12.0. The zero-order valence-electron chi connectivity index (χ0n) is 22.0. The maximum atomic E-state index is 13.6. The van der Waals surface area contributed by atoms with Gasteiger partial charge in [-0.15, -0.1) is 0 Å². The molecule has 196 valence electrons. The van der Waals surface area contributed by atoms with Crippen LogP contribution in [-0.2, 0) is 11.3 Å². The van der Waals surface area contributed by atoms with Gasteiger partial charge >= 0.3 is 29.6 Å². The molecule has 8 nitrogen and oxygen atoms in total. The number of amides is 1. The van der Waals surface area contributed by atoms with Gasteiger partial charge in [-0.05, 0) is 41.8 Å². The largest absolute Gasteiger partial charge is 1.00 e. The molecule has 0 saturated heterocycles. The van der Waals surface area contributed by atoms with Crippen LogP contribution in [0, 0.1) is 5.82 Å². The molecule has 2 atom stereocenters. The van der Waals surface area contributed by atoms with Crippen LogP contribution in [0.4, 0.5) is 4.39 Å². The number of halogens is 1. The van der Waals surface area contributed by atoms with Gasteiger partial charge in [0, 0.05) is 38.0 Å². The number of aliphatic carboxylic acids is 1. The summed E-state index contributed by atoms with van der Waals surface area (Å²) in [5, 5.41) is 35.5. The van der Waals surface area contributed by atoms with Crippen LogP contribution >= 0.6 is 0 Å². The Balaban J connectivity index is 0.00000507. The molecular formula is C28H31FN3NaO5. The molecule has 0 aliphatic rings. The first kappa shape index (κ1) is 31.4. The van der Waals surface area contributed by atoms with E-state index in [9.17, 15) is 29.3 Å². The molecule has 0 bridgehead atoms. The smallest absolute Gasteiger partial charge is 0.550 e. The number of hydrogen-bond acceptors (Lipinski definition) is 6. The Labute approximate surface area is 243 Å². The molecule has 3 aromatic rings. The van der Waals surface area contributed by atoms with E-state index in [1.807, 2.05) is 44.2 Å². The Hall–Kier alpha value is -2.82. The van der Waals surface area contributed by atoms with E-state index in [-0.39, 0.29) is 53.5 Å². The van der Waals surface area contributed by atoms with E-state index >= 15 is 0 Å². The van der Waals surface area contributed by atoms with E-state index in [0.717, 1.165) is 5.56 Å². The third kappa shape index (κ3) is 8.34. The summed E-state index contributed by atoms with van der Waals surface area (Å²) in [6.07, 6.45) is -0.259. The molecule has 0 aliphatic heterocycles. The number of aliphatic hydroxyl groups excluding tert-OH is 2. The third-order valence-electron chi connectivity index (χ3n) is 5.81. The molecule has 0 radical (unpaired) electrons. The minimum Gasteiger partial charge on any atom is -0.550 e. The van der Waals surface area contributed by atoms with Gasteiger partial charge in [0.25, 0.3) is 5.91 Å². The number of aliphatic hydroxyl groups is 2. The Bertz CT molecular complexity index is 1250. The molecule has 0 saturated carbocycles. The number of carboxylic acids is 1. The number of rotatable bonds is 11. The Kier molecular flexibility index (Phi) is 11.9. The van der Waals surface area contributed by atoms with Crippen LogP contribution in [0.25, 0.3) is 11.8 Å². The molecule has 0 aliphatic carbocycles. The van der Waals surface area contributed by atoms with Gasteiger partial charge in [0.15, 0.2) is 5.69 Å². The van der Waals surface area contributed by atoms with Crippen molar-refractivity contribution >= 4 is 18.0 Å². The summed E-state index contributed by atoms with van der Waals surface area (Å²) >= 11 is 0. The number of benzene rings is 2. The van der Waals surface area contributed by atoms with Gasteiger partial charge in [-0.3, -0.25) is 4.79 Å². The molecule has 0 unspecified atom stereocenters. The van der Waals surface area contributed by atoms with E-state index in [4.69, 9.17) is 0 Å². The van der Waals surface area contributed by atoms with Crippen LogP contribution in [0.5, 0.6) is 0 Å². The number of carbonyl (C=O) groups excluding carboxylic acids is 2. The number of nitrogens with zero attached hydrogens (tertiary/aromatic N) is 3. The van der Waals surface area contributed by atoms with Gasteiger partial charge in [-0.2, -0.15) is 5.10 Å². The van der Waals surface area contributed by atoms with Crippen LogP contribution in [0.1, 0.15) is 59.9 Å². The van der Waals surface area contributed by atoms with E-state index < -0.39 is 30.4 Å². The van der Waals surface area contributed by atoms with Gasteiger partial charge in [-0.25, -0.2) is 9.07 Å². The molecular weight excluding hydrogens is 500 g/mol. The maximum Gasteiger partial charge on any atom is 1.00 e. The zero-order chi connectivity index (χ0) is 27.1. The average molecular weight is 532 g/mol. The Morgan fingerprint density at radius 1 is 1.11 bits per heavy atom. The van der Waals surface area contributed by atoms with Gasteiger partial charge in [0.1, 0.15) is 5.82 Å². The van der Waals surface area contributed by atoms with Crippen LogP contribution in [-0.4, -0.2) is 56.0 Å². The Morgan fingerprint density at radius 3 is 2.32 bits per heavy atom. The van der Waals surface area contributed by atoms with Crippen molar-refractivity contribution in [3.8, 4) is 5.69 Å². The average Bonchev–Trinajstić information content (AvgIpc) is 3.22. The van der Waals surface area contributed by atoms with Crippen molar-refractivity contribution in [3.63, 3.8) is 0 Å². The van der Waals surface area contributed by atoms with E-state index in [0.29, 0.717) is 23.5 Å². The van der Waals surface area contributed by atoms with Crippen molar-refractivity contribution in [3.05, 3.63) is 89.0 Å². The second-order valence-corrected chi connectivity index (χ2v) is 9.23. The molecule has 10 heteroatoms. The Morgan fingerprint density at radius 2 is 1.74 bits per heavy atom. The molecule has 1 heterocycles. The van der Waals surface area contributed by atoms with Crippen molar-refractivity contribution in [1.82, 2.24) is 14.7 Å². The second-order valence-electron chi connectivity index (χ2n) is 9.23. The topological polar surface area (TPSA) is 119 Å². The summed E-state index contributed by atoms with van der Waals surface area (Å²) in [5.74, 6) is -2.28. The van der Waals surface area contributed by atoms with Crippen molar-refractivity contribution in [2.24, 2.45) is 0 Å². The van der Waals surface area contributed by atoms with E-state index in [2.05, 4.69) is 5.10 Å². The number of carboxylic acid groups (broad SMARTS) is 1. The van der Waals surface area contributed by atoms with Crippen molar-refractivity contribution in [1.29, 1.82) is 0 Å². The first-order valence-electron chi connectivity index (χ1n) is 12.0. The van der Waals surface area contributed by atoms with Crippen LogP contribution in [0.15, 0.2) is 60.7 Å². The minimum absolute atomic E-state index is 0. The van der Waals surface area contributed by atoms with E-state index in [1.165, 1.54) is 35.0 Å². The van der Waals surface area contributed by atoms with Gasteiger partial charge in [0.2, 0.25) is 0 Å². The monoisotopic (exact) mass is 531 g/mol. The summed E-state index contributed by atoms with van der Waals surface area (Å²) in [4.78, 5) is 25.8. The molecule has 1 amide bonds. The number of carbonyl (C=O) groups is 2. The first-order chi connectivity index (χ1) is 17.6. The SMILES string of the molecule is CC(C)c1c(C(=O)N(C)Cc2ccccc2)nn(-c2ccc(F)cc2)c1C=C[C@H](O)C[C@@H](O)CC(=O)[O-].[Na+]. The van der Waals surface area contributed by atoms with Crippen LogP contribution in [0.3, 0.4) is 0 Å². The summed E-state index contributed by atoms with van der Waals surface area (Å²) < 4.78 is 15.1. The quantitative estimate of drug-likeness (QED) is 0.328. The number of aromatic nitrogens is 2. The molecule has 0 fully saturated rings. The fourth-order valence-electron chi connectivity index (χ4n) is 4.05. The molecule has 1 aromatic heterocycles. The summed E-state index contributed by atoms with van der Waals surface area (Å²) in [5.41, 5.74) is 2.84. The van der Waals surface area contributed by atoms with Gasteiger partial charge in [-0.1, -0.05) is 50.3 Å². The van der Waals surface area contributed by atoms with Crippen LogP contribution < -0.4 is 34.7 Å². The molecule has 38 heavy (non-hydrogen) atoms. The van der Waals surface area contributed by atoms with Gasteiger partial charge in [0.05, 0.1) is 23.6 Å². The van der Waals surface area contributed by atoms with Crippen molar-refractivity contribution in [2.75, 3.05) is 7.05 Å². The summed E-state index contributed by atoms with van der Waals surface area (Å²) in [6, 6.07) is 15.2. The van der Waals surface area contributed by atoms with Crippen LogP contribution in [0.2, 0.25) is 0 Å². The fourth-order valence-corrected chi connectivity index (χ4v) is 4.05. The minimum atomic E-state index is -1.41. The molecule has 0 spiro atoms. The zero-order valence-corrected chi connectivity index (χ0v) is 24.0. The standard InChI is InChI=1S/C28H32FN3O5.Na/c1-18(2)26-24(14-13-22(33)15-23(34)16-25(35)36)32(21-11-9-20(29)10-12-21)30-27(26)28(37)31(3)17-19-7-5-4-6-8-19;/h4-14,18,22-23,33-34H,15-17H2,1-3H3,(H,35,36);/q;+1/p-1/t22-,23+;/m0./s1. The number of hydrogen-bond donors (Lipinski definition) is 2. The van der Waals surface area contributed by atoms with Crippen molar-refractivity contribution in [2.45, 2.75) is 51.4 Å². The second kappa shape index (κ2) is 14.4. The maximum absolute atomic E-state index is 13.6. The molecule has 2 aromatic carbocycles. The van der Waals surface area contributed by atoms with Crippen molar-refractivity contribution < 1.29 is 58.9 Å².